The van der Waals surface area contributed by atoms with Crippen LogP contribution in [0, 0.1) is 5.92 Å². The molecule has 0 amide bonds. The van der Waals surface area contributed by atoms with Crippen molar-refractivity contribution in [2.75, 3.05) is 24.5 Å². The van der Waals surface area contributed by atoms with Gasteiger partial charge in [-0.1, -0.05) is 29.2 Å². The van der Waals surface area contributed by atoms with E-state index >= 15 is 0 Å². The Balaban J connectivity index is 1.27. The first kappa shape index (κ1) is 25.0. The van der Waals surface area contributed by atoms with E-state index in [2.05, 4.69) is 23.3 Å². The van der Waals surface area contributed by atoms with Gasteiger partial charge in [0.25, 0.3) is 0 Å². The van der Waals surface area contributed by atoms with E-state index in [-0.39, 0.29) is 18.2 Å². The maximum absolute atomic E-state index is 13.7. The first-order chi connectivity index (χ1) is 17.7. The van der Waals surface area contributed by atoms with Crippen LogP contribution in [0.3, 0.4) is 0 Å². The second-order valence-corrected chi connectivity index (χ2v) is 9.70. The van der Waals surface area contributed by atoms with Crippen molar-refractivity contribution in [3.05, 3.63) is 88.1 Å². The van der Waals surface area contributed by atoms with Gasteiger partial charge in [-0.15, -0.1) is 0 Å². The molecule has 0 spiro atoms. The van der Waals surface area contributed by atoms with Crippen molar-refractivity contribution in [1.82, 2.24) is 4.90 Å². The molecule has 1 saturated heterocycles. The summed E-state index contributed by atoms with van der Waals surface area (Å²) in [5, 5.41) is 9.26. The molecule has 0 radical (unpaired) electrons. The van der Waals surface area contributed by atoms with Gasteiger partial charge in [0.05, 0.1) is 29.6 Å². The van der Waals surface area contributed by atoms with E-state index in [1.54, 1.807) is 6.07 Å². The molecule has 37 heavy (non-hydrogen) atoms. The Bertz CT molecular complexity index is 1350. The van der Waals surface area contributed by atoms with E-state index in [1.165, 1.54) is 34.5 Å². The highest BCUT2D eigenvalue weighted by Crippen LogP contribution is 2.38. The normalized spacial score (nSPS) is 19.1. The Hall–Kier alpha value is -3.70. The van der Waals surface area contributed by atoms with Gasteiger partial charge < -0.3 is 14.7 Å². The minimum absolute atomic E-state index is 0.0197. The molecular formula is C29H27F3N2O3. The van der Waals surface area contributed by atoms with Crippen LogP contribution < -0.4 is 9.64 Å². The Labute approximate surface area is 213 Å². The van der Waals surface area contributed by atoms with Crippen LogP contribution in [0.4, 0.5) is 18.9 Å². The number of rotatable bonds is 7. The quantitative estimate of drug-likeness (QED) is 0.464. The Morgan fingerprint density at radius 2 is 1.92 bits per heavy atom. The summed E-state index contributed by atoms with van der Waals surface area (Å²) in [4.78, 5) is 14.8. The summed E-state index contributed by atoms with van der Waals surface area (Å²) in [5.41, 5.74) is 9.82. The van der Waals surface area contributed by atoms with Gasteiger partial charge in [-0.05, 0) is 79.3 Å². The number of carboxylic acid groups (broad SMARTS) is 1. The number of ether oxygens (including phenoxy) is 1. The molecule has 3 aliphatic rings. The van der Waals surface area contributed by atoms with Gasteiger partial charge in [0.15, 0.2) is 0 Å². The van der Waals surface area contributed by atoms with E-state index in [1.807, 2.05) is 18.2 Å². The summed E-state index contributed by atoms with van der Waals surface area (Å²) >= 11 is 0. The van der Waals surface area contributed by atoms with E-state index in [0.29, 0.717) is 24.3 Å². The molecule has 5 nitrogen and oxygen atoms in total. The fraction of sp³-hybridized carbons (Fsp3) is 0.345. The monoisotopic (exact) mass is 508 g/mol. The van der Waals surface area contributed by atoms with Crippen LogP contribution >= 0.6 is 0 Å². The van der Waals surface area contributed by atoms with Crippen molar-refractivity contribution in [1.29, 1.82) is 0 Å². The van der Waals surface area contributed by atoms with Crippen LogP contribution in [0.15, 0.2) is 65.8 Å². The van der Waals surface area contributed by atoms with Gasteiger partial charge >= 0.3 is 12.1 Å². The highest BCUT2D eigenvalue weighted by Gasteiger charge is 2.35. The number of hydrogen-bond acceptors (Lipinski definition) is 4. The Kier molecular flexibility index (Phi) is 6.74. The predicted octanol–water partition coefficient (Wildman–Crippen LogP) is 6.01. The lowest BCUT2D eigenvalue weighted by molar-refractivity contribution is -0.141. The number of nitrogens with zero attached hydrogens (tertiary/aromatic N) is 2. The van der Waals surface area contributed by atoms with Crippen molar-refractivity contribution in [2.45, 2.75) is 39.0 Å². The predicted molar refractivity (Wildman–Crippen MR) is 134 cm³/mol. The Morgan fingerprint density at radius 1 is 1.14 bits per heavy atom. The number of halogens is 3. The first-order valence-corrected chi connectivity index (χ1v) is 12.2. The van der Waals surface area contributed by atoms with Crippen LogP contribution in [0.2, 0.25) is 0 Å². The molecule has 2 aromatic rings. The number of anilines is 1. The highest BCUT2D eigenvalue weighted by molar-refractivity contribution is 5.73. The lowest BCUT2D eigenvalue weighted by atomic mass is 9.86. The molecule has 1 fully saturated rings. The van der Waals surface area contributed by atoms with Gasteiger partial charge in [-0.3, -0.25) is 9.69 Å². The first-order valence-electron chi connectivity index (χ1n) is 12.2. The average molecular weight is 509 g/mol. The molecule has 1 aliphatic carbocycles. The lowest BCUT2D eigenvalue weighted by Crippen LogP contribution is -2.26. The summed E-state index contributed by atoms with van der Waals surface area (Å²) in [5.74, 6) is -0.393. The van der Waals surface area contributed by atoms with E-state index in [0.717, 1.165) is 43.1 Å². The van der Waals surface area contributed by atoms with Gasteiger partial charge in [0, 0.05) is 13.1 Å². The zero-order valence-corrected chi connectivity index (χ0v) is 20.4. The van der Waals surface area contributed by atoms with Crippen LogP contribution in [-0.2, 0) is 24.0 Å². The fourth-order valence-corrected chi connectivity index (χ4v) is 5.22. The number of hydrogen-bond donors (Lipinski definition) is 1. The van der Waals surface area contributed by atoms with E-state index in [4.69, 9.17) is 4.74 Å². The van der Waals surface area contributed by atoms with Gasteiger partial charge in [-0.2, -0.15) is 13.2 Å². The SMILES string of the molecule is CC1=C(CN2CCC(C(=O)O)C2)CCc2cc(OCc3ccc(N4C=C=C=C4)c(C(F)(F)F)c3)ccc21. The molecule has 2 heterocycles. The summed E-state index contributed by atoms with van der Waals surface area (Å²) in [7, 11) is 0. The number of aliphatic carboxylic acids is 1. The smallest absolute Gasteiger partial charge is 0.418 e. The number of carbonyl (C=O) groups is 1. The molecule has 0 saturated carbocycles. The van der Waals surface area contributed by atoms with Crippen LogP contribution in [0.25, 0.3) is 5.57 Å². The maximum Gasteiger partial charge on any atom is 0.418 e. The summed E-state index contributed by atoms with van der Waals surface area (Å²) < 4.78 is 47.0. The summed E-state index contributed by atoms with van der Waals surface area (Å²) in [6, 6.07) is 10.0. The molecule has 8 heteroatoms. The van der Waals surface area contributed by atoms with Crippen molar-refractivity contribution >= 4 is 17.2 Å². The van der Waals surface area contributed by atoms with E-state index in [9.17, 15) is 23.1 Å². The number of likely N-dealkylation sites (tertiary alicyclic amines) is 1. The van der Waals surface area contributed by atoms with Crippen LogP contribution in [0.1, 0.15) is 42.0 Å². The summed E-state index contributed by atoms with van der Waals surface area (Å²) in [6.45, 7) is 4.28. The maximum atomic E-state index is 13.7. The fourth-order valence-electron chi connectivity index (χ4n) is 5.22. The summed E-state index contributed by atoms with van der Waals surface area (Å²) in [6.07, 6.45) is 0.734. The molecule has 1 N–H and O–H groups in total. The zero-order chi connectivity index (χ0) is 26.2. The lowest BCUT2D eigenvalue weighted by Gasteiger charge is -2.25. The van der Waals surface area contributed by atoms with Gasteiger partial charge in [0.1, 0.15) is 12.4 Å². The second kappa shape index (κ2) is 9.98. The number of carboxylic acids is 1. The van der Waals surface area contributed by atoms with Crippen molar-refractivity contribution in [3.63, 3.8) is 0 Å². The highest BCUT2D eigenvalue weighted by atomic mass is 19.4. The topological polar surface area (TPSA) is 53.0 Å². The third kappa shape index (κ3) is 5.37. The number of benzene rings is 2. The minimum atomic E-state index is -4.51. The third-order valence-corrected chi connectivity index (χ3v) is 7.28. The largest absolute Gasteiger partial charge is 0.489 e. The molecule has 1 unspecified atom stereocenters. The number of aryl methyl sites for hydroxylation is 1. The molecule has 192 valence electrons. The number of alkyl halides is 3. The molecule has 0 aromatic heterocycles. The van der Waals surface area contributed by atoms with Crippen LogP contribution in [0.5, 0.6) is 5.75 Å². The van der Waals surface area contributed by atoms with Crippen LogP contribution in [-0.4, -0.2) is 35.6 Å². The van der Waals surface area contributed by atoms with E-state index < -0.39 is 17.7 Å². The Morgan fingerprint density at radius 3 is 2.62 bits per heavy atom. The number of allylic oxidation sites excluding steroid dienone is 1. The molecule has 1 atom stereocenters. The standard InChI is InChI=1S/C29H27F3N2O3/c1-19-22(16-33-13-10-23(17-33)28(35)36)6-5-21-15-24(7-8-25(19)21)37-18-20-4-9-27(34-11-2-3-12-34)26(14-20)29(30,31)32/h4,7-9,11-12,14-15,23H,5-6,10,13,16-18H2,1H3,(H,35,36). The molecule has 0 bridgehead atoms. The average Bonchev–Trinajstić information content (AvgIpc) is 3.57. The molecule has 2 aromatic carbocycles. The molecule has 5 rings (SSSR count). The van der Waals surface area contributed by atoms with Gasteiger partial charge in [-0.25, -0.2) is 0 Å². The second-order valence-electron chi connectivity index (χ2n) is 9.70. The minimum Gasteiger partial charge on any atom is -0.489 e. The molecule has 2 aliphatic heterocycles. The molecular weight excluding hydrogens is 481 g/mol. The number of fused-ring (bicyclic) bond motifs is 1. The zero-order valence-electron chi connectivity index (χ0n) is 20.4. The van der Waals surface area contributed by atoms with Crippen molar-refractivity contribution in [3.8, 4) is 5.75 Å². The third-order valence-electron chi connectivity index (χ3n) is 7.28. The van der Waals surface area contributed by atoms with Crippen molar-refractivity contribution < 1.29 is 27.8 Å². The van der Waals surface area contributed by atoms with Crippen molar-refractivity contribution in [2.24, 2.45) is 5.92 Å². The van der Waals surface area contributed by atoms with Gasteiger partial charge in [0.2, 0.25) is 0 Å².